The summed E-state index contributed by atoms with van der Waals surface area (Å²) in [5.74, 6) is -0.123. The maximum Gasteiger partial charge on any atom is 0.256 e. The van der Waals surface area contributed by atoms with Crippen LogP contribution in [0.2, 0.25) is 0 Å². The Morgan fingerprint density at radius 3 is 2.67 bits per heavy atom. The van der Waals surface area contributed by atoms with Crippen LogP contribution < -0.4 is 5.32 Å². The largest absolute Gasteiger partial charge is 0.322 e. The van der Waals surface area contributed by atoms with E-state index in [4.69, 9.17) is 0 Å². The number of nitrogens with one attached hydrogen (secondary N) is 1. The van der Waals surface area contributed by atoms with Crippen molar-refractivity contribution < 1.29 is 4.79 Å². The van der Waals surface area contributed by atoms with E-state index in [-0.39, 0.29) is 5.91 Å². The van der Waals surface area contributed by atoms with Gasteiger partial charge >= 0.3 is 0 Å². The van der Waals surface area contributed by atoms with Crippen LogP contribution in [0.1, 0.15) is 15.9 Å². The van der Waals surface area contributed by atoms with E-state index in [1.807, 2.05) is 48.5 Å². The van der Waals surface area contributed by atoms with Crippen molar-refractivity contribution in [2.24, 2.45) is 0 Å². The molecule has 1 amide bonds. The van der Waals surface area contributed by atoms with Crippen LogP contribution in [0, 0.1) is 0 Å². The Morgan fingerprint density at radius 1 is 1.05 bits per heavy atom. The fraction of sp³-hybridized carbons (Fsp3) is 0.0588. The van der Waals surface area contributed by atoms with Gasteiger partial charge in [0.2, 0.25) is 0 Å². The molecular formula is C17H13BrN2O. The number of nitrogens with zero attached hydrogens (tertiary/aromatic N) is 1. The van der Waals surface area contributed by atoms with Crippen LogP contribution in [0.5, 0.6) is 0 Å². The molecule has 0 unspecified atom stereocenters. The number of carbonyl (C=O) groups excluding carboxylic acids is 1. The molecule has 21 heavy (non-hydrogen) atoms. The predicted molar refractivity (Wildman–Crippen MR) is 88.8 cm³/mol. The monoisotopic (exact) mass is 340 g/mol. The molecule has 0 aliphatic carbocycles. The van der Waals surface area contributed by atoms with E-state index in [9.17, 15) is 4.79 Å². The van der Waals surface area contributed by atoms with Crippen molar-refractivity contribution in [2.75, 3.05) is 5.32 Å². The summed E-state index contributed by atoms with van der Waals surface area (Å²) in [5, 5.41) is 4.52. The van der Waals surface area contributed by atoms with Gasteiger partial charge in [0, 0.05) is 22.6 Å². The van der Waals surface area contributed by atoms with Crippen molar-refractivity contribution in [3.05, 3.63) is 71.9 Å². The quantitative estimate of drug-likeness (QED) is 0.718. The molecule has 0 atom stereocenters. The van der Waals surface area contributed by atoms with Crippen molar-refractivity contribution in [2.45, 2.75) is 5.33 Å². The highest BCUT2D eigenvalue weighted by Crippen LogP contribution is 2.21. The maximum absolute atomic E-state index is 12.5. The van der Waals surface area contributed by atoms with Crippen molar-refractivity contribution in [3.63, 3.8) is 0 Å². The Bertz CT molecular complexity index is 796. The SMILES string of the molecule is O=C(Nc1ccccc1CBr)c1ccnc2ccccc12. The zero-order valence-corrected chi connectivity index (χ0v) is 12.8. The standard InChI is InChI=1S/C17H13BrN2O/c18-11-12-5-1-3-7-15(12)20-17(21)14-9-10-19-16-8-4-2-6-13(14)16/h1-10H,11H2,(H,20,21). The third-order valence-electron chi connectivity index (χ3n) is 3.30. The number of hydrogen-bond donors (Lipinski definition) is 1. The molecule has 1 heterocycles. The first kappa shape index (κ1) is 13.8. The van der Waals surface area contributed by atoms with Gasteiger partial charge in [-0.25, -0.2) is 0 Å². The molecule has 0 aliphatic rings. The van der Waals surface area contributed by atoms with Gasteiger partial charge in [0.25, 0.3) is 5.91 Å². The Labute approximate surface area is 131 Å². The number of hydrogen-bond acceptors (Lipinski definition) is 2. The van der Waals surface area contributed by atoms with E-state index >= 15 is 0 Å². The summed E-state index contributed by atoms with van der Waals surface area (Å²) in [7, 11) is 0. The van der Waals surface area contributed by atoms with Gasteiger partial charge in [-0.2, -0.15) is 0 Å². The first-order valence-corrected chi connectivity index (χ1v) is 7.70. The van der Waals surface area contributed by atoms with Crippen LogP contribution in [0.25, 0.3) is 10.9 Å². The Balaban J connectivity index is 1.98. The topological polar surface area (TPSA) is 42.0 Å². The summed E-state index contributed by atoms with van der Waals surface area (Å²) in [4.78, 5) is 16.8. The second-order valence-electron chi connectivity index (χ2n) is 4.62. The molecule has 0 aliphatic heterocycles. The number of benzene rings is 2. The average molecular weight is 341 g/mol. The lowest BCUT2D eigenvalue weighted by atomic mass is 10.1. The summed E-state index contributed by atoms with van der Waals surface area (Å²) in [6.07, 6.45) is 1.66. The lowest BCUT2D eigenvalue weighted by Gasteiger charge is -2.10. The molecule has 2 aromatic carbocycles. The van der Waals surface area contributed by atoms with Crippen LogP contribution in [0.4, 0.5) is 5.69 Å². The molecule has 0 saturated heterocycles. The molecule has 104 valence electrons. The van der Waals surface area contributed by atoms with Crippen LogP contribution >= 0.6 is 15.9 Å². The van der Waals surface area contributed by atoms with E-state index < -0.39 is 0 Å². The molecule has 0 radical (unpaired) electrons. The lowest BCUT2D eigenvalue weighted by molar-refractivity contribution is 0.102. The smallest absolute Gasteiger partial charge is 0.256 e. The van der Waals surface area contributed by atoms with E-state index in [0.717, 1.165) is 22.2 Å². The number of alkyl halides is 1. The Morgan fingerprint density at radius 2 is 1.81 bits per heavy atom. The van der Waals surface area contributed by atoms with Gasteiger partial charge in [0.15, 0.2) is 0 Å². The van der Waals surface area contributed by atoms with E-state index in [0.29, 0.717) is 10.9 Å². The number of carbonyl (C=O) groups is 1. The van der Waals surface area contributed by atoms with E-state index in [2.05, 4.69) is 26.2 Å². The lowest BCUT2D eigenvalue weighted by Crippen LogP contribution is -2.13. The van der Waals surface area contributed by atoms with Crippen molar-refractivity contribution >= 4 is 38.4 Å². The number of aromatic nitrogens is 1. The van der Waals surface area contributed by atoms with Gasteiger partial charge in [0.05, 0.1) is 11.1 Å². The molecule has 0 saturated carbocycles. The van der Waals surface area contributed by atoms with Crippen LogP contribution in [-0.4, -0.2) is 10.9 Å². The number of pyridine rings is 1. The number of rotatable bonds is 3. The highest BCUT2D eigenvalue weighted by atomic mass is 79.9. The van der Waals surface area contributed by atoms with Crippen LogP contribution in [0.15, 0.2) is 60.8 Å². The van der Waals surface area contributed by atoms with Gasteiger partial charge < -0.3 is 5.32 Å². The van der Waals surface area contributed by atoms with Gasteiger partial charge in [-0.3, -0.25) is 9.78 Å². The molecule has 3 rings (SSSR count). The number of anilines is 1. The van der Waals surface area contributed by atoms with Crippen LogP contribution in [-0.2, 0) is 5.33 Å². The fourth-order valence-corrected chi connectivity index (χ4v) is 2.73. The molecule has 0 spiro atoms. The van der Waals surface area contributed by atoms with E-state index in [1.54, 1.807) is 12.3 Å². The van der Waals surface area contributed by atoms with Gasteiger partial charge in [0.1, 0.15) is 0 Å². The highest BCUT2D eigenvalue weighted by molar-refractivity contribution is 9.08. The first-order chi connectivity index (χ1) is 10.3. The minimum absolute atomic E-state index is 0.123. The fourth-order valence-electron chi connectivity index (χ4n) is 2.24. The Hall–Kier alpha value is -2.20. The average Bonchev–Trinajstić information content (AvgIpc) is 2.54. The zero-order valence-electron chi connectivity index (χ0n) is 11.2. The second kappa shape index (κ2) is 6.06. The first-order valence-electron chi connectivity index (χ1n) is 6.58. The number of halogens is 1. The molecule has 3 nitrogen and oxygen atoms in total. The molecular weight excluding hydrogens is 328 g/mol. The minimum atomic E-state index is -0.123. The number of fused-ring (bicyclic) bond motifs is 1. The predicted octanol–water partition coefficient (Wildman–Crippen LogP) is 4.38. The third kappa shape index (κ3) is 2.81. The third-order valence-corrected chi connectivity index (χ3v) is 3.91. The second-order valence-corrected chi connectivity index (χ2v) is 5.18. The van der Waals surface area contributed by atoms with Crippen LogP contribution in [0.3, 0.4) is 0 Å². The highest BCUT2D eigenvalue weighted by Gasteiger charge is 2.11. The molecule has 1 aromatic heterocycles. The van der Waals surface area contributed by atoms with Crippen molar-refractivity contribution in [1.82, 2.24) is 4.98 Å². The molecule has 1 N–H and O–H groups in total. The normalized spacial score (nSPS) is 10.5. The summed E-state index contributed by atoms with van der Waals surface area (Å²) in [6, 6.07) is 17.1. The van der Waals surface area contributed by atoms with Crippen molar-refractivity contribution in [3.8, 4) is 0 Å². The zero-order chi connectivity index (χ0) is 14.7. The molecule has 4 heteroatoms. The molecule has 0 bridgehead atoms. The summed E-state index contributed by atoms with van der Waals surface area (Å²) in [5.41, 5.74) is 3.31. The van der Waals surface area contributed by atoms with Gasteiger partial charge in [-0.05, 0) is 23.8 Å². The summed E-state index contributed by atoms with van der Waals surface area (Å²) >= 11 is 3.43. The molecule has 3 aromatic rings. The number of para-hydroxylation sites is 2. The minimum Gasteiger partial charge on any atom is -0.322 e. The molecule has 0 fully saturated rings. The van der Waals surface area contributed by atoms with Gasteiger partial charge in [-0.15, -0.1) is 0 Å². The van der Waals surface area contributed by atoms with E-state index in [1.165, 1.54) is 0 Å². The Kier molecular flexibility index (Phi) is 3.97. The van der Waals surface area contributed by atoms with Gasteiger partial charge in [-0.1, -0.05) is 52.3 Å². The number of amides is 1. The summed E-state index contributed by atoms with van der Waals surface area (Å²) in [6.45, 7) is 0. The summed E-state index contributed by atoms with van der Waals surface area (Å²) < 4.78 is 0. The van der Waals surface area contributed by atoms with Crippen molar-refractivity contribution in [1.29, 1.82) is 0 Å². The maximum atomic E-state index is 12.5.